The van der Waals surface area contributed by atoms with E-state index >= 15 is 0 Å². The van der Waals surface area contributed by atoms with Crippen molar-refractivity contribution in [3.63, 3.8) is 0 Å². The summed E-state index contributed by atoms with van der Waals surface area (Å²) in [7, 11) is 0. The number of ether oxygens (including phenoxy) is 1. The third kappa shape index (κ3) is 4.33. The van der Waals surface area contributed by atoms with E-state index < -0.39 is 0 Å². The third-order valence-corrected chi connectivity index (χ3v) is 3.33. The minimum atomic E-state index is -0.214. The van der Waals surface area contributed by atoms with E-state index in [0.29, 0.717) is 5.56 Å². The quantitative estimate of drug-likeness (QED) is 0.697. The Morgan fingerprint density at radius 1 is 1.21 bits per heavy atom. The molecule has 1 saturated heterocycles. The normalized spacial score (nSPS) is 22.8. The highest BCUT2D eigenvalue weighted by molar-refractivity contribution is 5.89. The Hall–Kier alpha value is -1.39. The molecule has 0 aliphatic carbocycles. The zero-order valence-corrected chi connectivity index (χ0v) is 11.3. The minimum Gasteiger partial charge on any atom is -0.459 e. The summed E-state index contributed by atoms with van der Waals surface area (Å²) in [6.45, 7) is 3.89. The zero-order valence-electron chi connectivity index (χ0n) is 11.3. The molecule has 2 N–H and O–H groups in total. The van der Waals surface area contributed by atoms with Crippen LogP contribution < -0.4 is 5.32 Å². The average Bonchev–Trinajstić information content (AvgIpc) is 2.39. The van der Waals surface area contributed by atoms with Crippen LogP contribution in [-0.4, -0.2) is 36.4 Å². The van der Waals surface area contributed by atoms with Gasteiger partial charge in [-0.25, -0.2) is 4.79 Å². The molecule has 1 fully saturated rings. The summed E-state index contributed by atoms with van der Waals surface area (Å²) in [5.74, 6) is -0.214. The van der Waals surface area contributed by atoms with Gasteiger partial charge in [-0.15, -0.1) is 0 Å². The van der Waals surface area contributed by atoms with Crippen molar-refractivity contribution in [2.45, 2.75) is 38.4 Å². The van der Waals surface area contributed by atoms with Gasteiger partial charge in [-0.05, 0) is 50.6 Å². The zero-order chi connectivity index (χ0) is 13.7. The van der Waals surface area contributed by atoms with Gasteiger partial charge in [0.2, 0.25) is 0 Å². The van der Waals surface area contributed by atoms with Gasteiger partial charge < -0.3 is 15.2 Å². The van der Waals surface area contributed by atoms with E-state index in [-0.39, 0.29) is 18.2 Å². The van der Waals surface area contributed by atoms with Gasteiger partial charge in [0.1, 0.15) is 6.10 Å². The van der Waals surface area contributed by atoms with Crippen LogP contribution in [-0.2, 0) is 11.2 Å². The summed E-state index contributed by atoms with van der Waals surface area (Å²) in [4.78, 5) is 11.3. The largest absolute Gasteiger partial charge is 0.459 e. The highest BCUT2D eigenvalue weighted by Crippen LogP contribution is 2.14. The Morgan fingerprint density at radius 2 is 1.84 bits per heavy atom. The lowest BCUT2D eigenvalue weighted by molar-refractivity contribution is 0.0337. The maximum atomic E-state index is 11.3. The Labute approximate surface area is 113 Å². The van der Waals surface area contributed by atoms with Crippen LogP contribution in [0.4, 0.5) is 0 Å². The molecule has 4 rings (SSSR count). The Morgan fingerprint density at radius 3 is 2.37 bits per heavy atom. The van der Waals surface area contributed by atoms with Gasteiger partial charge in [-0.2, -0.15) is 0 Å². The molecule has 4 heteroatoms. The molecule has 1 atom stereocenters. The van der Waals surface area contributed by atoms with Gasteiger partial charge in [0.05, 0.1) is 11.7 Å². The van der Waals surface area contributed by atoms with Gasteiger partial charge in [0, 0.05) is 6.42 Å². The number of rotatable bonds is 0. The SMILES string of the molecule is CC1Cc2ccc(cc2)C(=O)O1.OC1CCNCC1. The summed E-state index contributed by atoms with van der Waals surface area (Å²) in [6, 6.07) is 7.57. The Bertz CT molecular complexity index is 410. The first kappa shape index (κ1) is 14.0. The van der Waals surface area contributed by atoms with Crippen LogP contribution in [0.1, 0.15) is 35.7 Å². The molecule has 0 aromatic heterocycles. The highest BCUT2D eigenvalue weighted by Gasteiger charge is 2.15. The molecule has 3 aliphatic heterocycles. The number of carbonyl (C=O) groups excluding carboxylic acids is 1. The van der Waals surface area contributed by atoms with Crippen molar-refractivity contribution in [1.82, 2.24) is 5.32 Å². The summed E-state index contributed by atoms with van der Waals surface area (Å²) >= 11 is 0. The fourth-order valence-electron chi connectivity index (χ4n) is 2.21. The second-order valence-electron chi connectivity index (χ2n) is 5.10. The van der Waals surface area contributed by atoms with Gasteiger partial charge in [-0.1, -0.05) is 12.1 Å². The van der Waals surface area contributed by atoms with Gasteiger partial charge in [0.25, 0.3) is 0 Å². The van der Waals surface area contributed by atoms with Crippen LogP contribution in [0, 0.1) is 0 Å². The van der Waals surface area contributed by atoms with Crippen LogP contribution in [0.5, 0.6) is 0 Å². The number of piperidine rings is 1. The van der Waals surface area contributed by atoms with Crippen molar-refractivity contribution in [3.8, 4) is 0 Å². The van der Waals surface area contributed by atoms with Crippen molar-refractivity contribution in [2.75, 3.05) is 13.1 Å². The fraction of sp³-hybridized carbons (Fsp3) is 0.533. The van der Waals surface area contributed by atoms with Crippen LogP contribution in [0.15, 0.2) is 24.3 Å². The molecular weight excluding hydrogens is 242 g/mol. The molecule has 0 radical (unpaired) electrons. The monoisotopic (exact) mass is 263 g/mol. The standard InChI is InChI=1S/C10H10O2.C5H11NO/c1-7-6-8-2-4-9(5-3-8)10(11)12-7;7-5-1-3-6-4-2-5/h2-5,7H,6H2,1H3;5-7H,1-4H2. The molecule has 19 heavy (non-hydrogen) atoms. The number of esters is 1. The summed E-state index contributed by atoms with van der Waals surface area (Å²) < 4.78 is 5.13. The van der Waals surface area contributed by atoms with Gasteiger partial charge >= 0.3 is 5.97 Å². The lowest BCUT2D eigenvalue weighted by Crippen LogP contribution is -2.30. The lowest BCUT2D eigenvalue weighted by Gasteiger charge is -2.16. The molecule has 104 valence electrons. The molecule has 3 aliphatic rings. The number of fused-ring (bicyclic) bond motifs is 5. The predicted octanol–water partition coefficient (Wildman–Crippen LogP) is 1.52. The number of benzene rings is 1. The molecule has 0 amide bonds. The second kappa shape index (κ2) is 6.68. The number of aliphatic hydroxyl groups is 1. The molecule has 4 nitrogen and oxygen atoms in total. The third-order valence-electron chi connectivity index (χ3n) is 3.33. The molecule has 2 bridgehead atoms. The topological polar surface area (TPSA) is 58.6 Å². The Balaban J connectivity index is 0.000000163. The van der Waals surface area contributed by atoms with Crippen molar-refractivity contribution in [3.05, 3.63) is 35.4 Å². The van der Waals surface area contributed by atoms with Crippen LogP contribution in [0.3, 0.4) is 0 Å². The first-order valence-corrected chi connectivity index (χ1v) is 6.84. The summed E-state index contributed by atoms with van der Waals surface area (Å²) in [5, 5.41) is 12.0. The molecule has 0 spiro atoms. The van der Waals surface area contributed by atoms with Gasteiger partial charge in [-0.3, -0.25) is 0 Å². The number of hydrogen-bond donors (Lipinski definition) is 2. The number of hydrogen-bond acceptors (Lipinski definition) is 4. The number of nitrogens with one attached hydrogen (secondary N) is 1. The van der Waals surface area contributed by atoms with Gasteiger partial charge in [0.15, 0.2) is 0 Å². The van der Waals surface area contributed by atoms with Crippen molar-refractivity contribution < 1.29 is 14.6 Å². The summed E-state index contributed by atoms with van der Waals surface area (Å²) in [5.41, 5.74) is 1.86. The number of aliphatic hydroxyl groups excluding tert-OH is 1. The second-order valence-corrected chi connectivity index (χ2v) is 5.10. The maximum Gasteiger partial charge on any atom is 0.338 e. The highest BCUT2D eigenvalue weighted by atomic mass is 16.5. The average molecular weight is 263 g/mol. The molecular formula is C15H21NO3. The fourth-order valence-corrected chi connectivity index (χ4v) is 2.21. The van der Waals surface area contributed by atoms with Crippen LogP contribution >= 0.6 is 0 Å². The van der Waals surface area contributed by atoms with E-state index in [1.807, 2.05) is 31.2 Å². The van der Waals surface area contributed by atoms with E-state index in [1.165, 1.54) is 5.56 Å². The first-order valence-electron chi connectivity index (χ1n) is 6.84. The van der Waals surface area contributed by atoms with E-state index in [1.54, 1.807) is 0 Å². The summed E-state index contributed by atoms with van der Waals surface area (Å²) in [6.07, 6.45) is 2.64. The van der Waals surface area contributed by atoms with Crippen molar-refractivity contribution >= 4 is 5.97 Å². The van der Waals surface area contributed by atoms with Crippen LogP contribution in [0.2, 0.25) is 0 Å². The molecule has 0 saturated carbocycles. The lowest BCUT2D eigenvalue weighted by atomic mass is 10.0. The van der Waals surface area contributed by atoms with Crippen LogP contribution in [0.25, 0.3) is 0 Å². The predicted molar refractivity (Wildman–Crippen MR) is 73.1 cm³/mol. The van der Waals surface area contributed by atoms with E-state index in [0.717, 1.165) is 32.4 Å². The molecule has 1 unspecified atom stereocenters. The van der Waals surface area contributed by atoms with E-state index in [2.05, 4.69) is 5.32 Å². The first-order chi connectivity index (χ1) is 9.15. The molecule has 1 aromatic rings. The van der Waals surface area contributed by atoms with Crippen molar-refractivity contribution in [2.24, 2.45) is 0 Å². The molecule has 3 heterocycles. The smallest absolute Gasteiger partial charge is 0.338 e. The van der Waals surface area contributed by atoms with E-state index in [9.17, 15) is 4.79 Å². The minimum absolute atomic E-state index is 0.00241. The molecule has 1 aromatic carbocycles. The van der Waals surface area contributed by atoms with E-state index in [4.69, 9.17) is 9.84 Å². The number of carbonyl (C=O) groups is 1. The van der Waals surface area contributed by atoms with Crippen molar-refractivity contribution in [1.29, 1.82) is 0 Å². The Kier molecular flexibility index (Phi) is 4.93. The maximum absolute atomic E-state index is 11.3.